The first-order valence-electron chi connectivity index (χ1n) is 5.42. The molecule has 1 nitrogen and oxygen atoms in total. The first kappa shape index (κ1) is 8.25. The van der Waals surface area contributed by atoms with Crippen molar-refractivity contribution in [3.63, 3.8) is 0 Å². The van der Waals surface area contributed by atoms with E-state index in [4.69, 9.17) is 0 Å². The summed E-state index contributed by atoms with van der Waals surface area (Å²) in [6, 6.07) is 10.1. The van der Waals surface area contributed by atoms with Gasteiger partial charge in [-0.25, -0.2) is 0 Å². The summed E-state index contributed by atoms with van der Waals surface area (Å²) in [6.07, 6.45) is 8.17. The Bertz CT molecular complexity index is 367. The van der Waals surface area contributed by atoms with Gasteiger partial charge in [-0.15, -0.1) is 0 Å². The van der Waals surface area contributed by atoms with Gasteiger partial charge in [-0.1, -0.05) is 36.4 Å². The molecule has 72 valence electrons. The third-order valence-electron chi connectivity index (χ3n) is 3.29. The second-order valence-corrected chi connectivity index (χ2v) is 4.26. The Hall–Kier alpha value is -1.08. The minimum atomic E-state index is 0.559. The van der Waals surface area contributed by atoms with Crippen LogP contribution in [0.5, 0.6) is 0 Å². The summed E-state index contributed by atoms with van der Waals surface area (Å²) >= 11 is 0. The summed E-state index contributed by atoms with van der Waals surface area (Å²) in [4.78, 5) is 0. The fourth-order valence-electron chi connectivity index (χ4n) is 2.60. The number of hydrogen-bond acceptors (Lipinski definition) is 1. The van der Waals surface area contributed by atoms with Crippen molar-refractivity contribution in [1.29, 1.82) is 0 Å². The summed E-state index contributed by atoms with van der Waals surface area (Å²) in [5.74, 6) is 0. The second-order valence-electron chi connectivity index (χ2n) is 4.26. The van der Waals surface area contributed by atoms with E-state index in [-0.39, 0.29) is 0 Å². The second kappa shape index (κ2) is 3.25. The van der Waals surface area contributed by atoms with Crippen molar-refractivity contribution in [1.82, 2.24) is 5.32 Å². The molecule has 2 heterocycles. The molecule has 0 saturated heterocycles. The van der Waals surface area contributed by atoms with E-state index in [9.17, 15) is 0 Å². The van der Waals surface area contributed by atoms with Gasteiger partial charge in [-0.05, 0) is 30.4 Å². The van der Waals surface area contributed by atoms with Crippen LogP contribution in [0.3, 0.4) is 0 Å². The fourth-order valence-corrected chi connectivity index (χ4v) is 2.60. The first-order chi connectivity index (χ1) is 6.93. The predicted octanol–water partition coefficient (Wildman–Crippen LogP) is 2.59. The van der Waals surface area contributed by atoms with E-state index in [1.807, 2.05) is 0 Å². The molecule has 0 radical (unpaired) electrons. The molecule has 0 saturated carbocycles. The van der Waals surface area contributed by atoms with E-state index in [1.165, 1.54) is 18.4 Å². The Morgan fingerprint density at radius 3 is 2.93 bits per heavy atom. The Balaban J connectivity index is 2.05. The van der Waals surface area contributed by atoms with Gasteiger partial charge >= 0.3 is 0 Å². The Labute approximate surface area is 84.8 Å². The topological polar surface area (TPSA) is 12.0 Å². The molecule has 0 amide bonds. The number of fused-ring (bicyclic) bond motifs is 4. The molecule has 1 N–H and O–H groups in total. The maximum absolute atomic E-state index is 3.71. The van der Waals surface area contributed by atoms with Crippen LogP contribution in [0, 0.1) is 0 Å². The highest BCUT2D eigenvalue weighted by Crippen LogP contribution is 2.30. The number of hydrogen-bond donors (Lipinski definition) is 1. The van der Waals surface area contributed by atoms with E-state index in [2.05, 4.69) is 41.7 Å². The molecule has 2 aliphatic heterocycles. The van der Waals surface area contributed by atoms with Crippen molar-refractivity contribution >= 4 is 0 Å². The Kier molecular flexibility index (Phi) is 1.91. The van der Waals surface area contributed by atoms with Crippen LogP contribution < -0.4 is 5.32 Å². The quantitative estimate of drug-likeness (QED) is 0.613. The molecule has 1 aromatic rings. The molecule has 1 heteroatoms. The van der Waals surface area contributed by atoms with Crippen LogP contribution in [-0.2, 0) is 6.42 Å². The van der Waals surface area contributed by atoms with Gasteiger partial charge in [0, 0.05) is 12.1 Å². The third-order valence-corrected chi connectivity index (χ3v) is 3.29. The van der Waals surface area contributed by atoms with Gasteiger partial charge in [-0.2, -0.15) is 0 Å². The highest BCUT2D eigenvalue weighted by atomic mass is 15.0. The molecule has 14 heavy (non-hydrogen) atoms. The molecule has 0 aromatic heterocycles. The molecule has 0 unspecified atom stereocenters. The Morgan fingerprint density at radius 1 is 1.07 bits per heavy atom. The van der Waals surface area contributed by atoms with Gasteiger partial charge < -0.3 is 5.32 Å². The zero-order valence-corrected chi connectivity index (χ0v) is 8.24. The van der Waals surface area contributed by atoms with Gasteiger partial charge in [0.2, 0.25) is 0 Å². The van der Waals surface area contributed by atoms with Crippen molar-refractivity contribution in [2.45, 2.75) is 31.3 Å². The van der Waals surface area contributed by atoms with Gasteiger partial charge in [0.15, 0.2) is 0 Å². The summed E-state index contributed by atoms with van der Waals surface area (Å²) in [5, 5.41) is 3.71. The van der Waals surface area contributed by atoms with Crippen LogP contribution in [0.15, 0.2) is 36.4 Å². The Morgan fingerprint density at radius 2 is 1.93 bits per heavy atom. The molecule has 1 aromatic carbocycles. The zero-order valence-electron chi connectivity index (χ0n) is 8.24. The number of rotatable bonds is 0. The molecule has 2 bridgehead atoms. The highest BCUT2D eigenvalue weighted by molar-refractivity contribution is 5.34. The van der Waals surface area contributed by atoms with E-state index in [0.29, 0.717) is 12.1 Å². The normalized spacial score (nSPS) is 29.4. The SMILES string of the molecule is C1=CC[C@H]2N[C@H](C1)Cc1ccccc12. The van der Waals surface area contributed by atoms with Crippen molar-refractivity contribution in [3.8, 4) is 0 Å². The monoisotopic (exact) mass is 185 g/mol. The summed E-state index contributed by atoms with van der Waals surface area (Å²) in [5.41, 5.74) is 3.06. The van der Waals surface area contributed by atoms with Crippen molar-refractivity contribution in [2.24, 2.45) is 0 Å². The van der Waals surface area contributed by atoms with Crippen LogP contribution in [0.4, 0.5) is 0 Å². The maximum Gasteiger partial charge on any atom is 0.0360 e. The van der Waals surface area contributed by atoms with E-state index >= 15 is 0 Å². The molecule has 0 aliphatic carbocycles. The molecular weight excluding hydrogens is 170 g/mol. The fraction of sp³-hybridized carbons (Fsp3) is 0.385. The molecule has 3 rings (SSSR count). The van der Waals surface area contributed by atoms with E-state index in [1.54, 1.807) is 5.56 Å². The molecule has 2 aliphatic rings. The highest BCUT2D eigenvalue weighted by Gasteiger charge is 2.25. The van der Waals surface area contributed by atoms with Crippen molar-refractivity contribution in [2.75, 3.05) is 0 Å². The van der Waals surface area contributed by atoms with Gasteiger partial charge in [-0.3, -0.25) is 0 Å². The summed E-state index contributed by atoms with van der Waals surface area (Å²) < 4.78 is 0. The smallest absolute Gasteiger partial charge is 0.0360 e. The molecular formula is C13H15N. The summed E-state index contributed by atoms with van der Waals surface area (Å²) in [7, 11) is 0. The minimum Gasteiger partial charge on any atom is -0.306 e. The van der Waals surface area contributed by atoms with E-state index in [0.717, 1.165) is 6.42 Å². The summed E-state index contributed by atoms with van der Waals surface area (Å²) in [6.45, 7) is 0. The van der Waals surface area contributed by atoms with Crippen LogP contribution >= 0.6 is 0 Å². The van der Waals surface area contributed by atoms with E-state index < -0.39 is 0 Å². The lowest BCUT2D eigenvalue weighted by atomic mass is 9.89. The van der Waals surface area contributed by atoms with Gasteiger partial charge in [0.25, 0.3) is 0 Å². The van der Waals surface area contributed by atoms with Crippen molar-refractivity contribution in [3.05, 3.63) is 47.5 Å². The van der Waals surface area contributed by atoms with Crippen LogP contribution in [0.2, 0.25) is 0 Å². The third kappa shape index (κ3) is 1.28. The van der Waals surface area contributed by atoms with Gasteiger partial charge in [0.05, 0.1) is 0 Å². The zero-order chi connectivity index (χ0) is 9.38. The number of benzene rings is 1. The largest absolute Gasteiger partial charge is 0.306 e. The average Bonchev–Trinajstić information content (AvgIpc) is 2.41. The predicted molar refractivity (Wildman–Crippen MR) is 58.2 cm³/mol. The lowest BCUT2D eigenvalue weighted by molar-refractivity contribution is 0.416. The van der Waals surface area contributed by atoms with Crippen molar-refractivity contribution < 1.29 is 0 Å². The lowest BCUT2D eigenvalue weighted by Crippen LogP contribution is -2.37. The molecule has 0 fully saturated rings. The maximum atomic E-state index is 3.71. The standard InChI is InChI=1S/C13H15N/c1-3-7-12-10(5-1)9-11-6-2-4-8-13(12)14-11/h1-5,7,11,13-14H,6,8-9H2/t11-,13-/m1/s1. The van der Waals surface area contributed by atoms with Crippen LogP contribution in [0.1, 0.15) is 30.0 Å². The van der Waals surface area contributed by atoms with Crippen LogP contribution in [0.25, 0.3) is 0 Å². The van der Waals surface area contributed by atoms with Gasteiger partial charge in [0.1, 0.15) is 0 Å². The van der Waals surface area contributed by atoms with Crippen LogP contribution in [-0.4, -0.2) is 6.04 Å². The molecule has 2 atom stereocenters. The number of nitrogens with one attached hydrogen (secondary N) is 1. The average molecular weight is 185 g/mol. The minimum absolute atomic E-state index is 0.559. The molecule has 0 spiro atoms. The first-order valence-corrected chi connectivity index (χ1v) is 5.42. The lowest BCUT2D eigenvalue weighted by Gasteiger charge is -2.31.